The highest BCUT2D eigenvalue weighted by Gasteiger charge is 2.19. The Morgan fingerprint density at radius 3 is 2.18 bits per heavy atom. The van der Waals surface area contributed by atoms with E-state index in [9.17, 15) is 0 Å². The monoisotopic (exact) mass is 153 g/mol. The second-order valence-corrected chi connectivity index (χ2v) is 3.78. The Balaban J connectivity index is 3.95. The molecule has 0 amide bonds. The lowest BCUT2D eigenvalue weighted by Crippen LogP contribution is -2.38. The van der Waals surface area contributed by atoms with Gasteiger partial charge in [-0.1, -0.05) is 32.9 Å². The van der Waals surface area contributed by atoms with Crippen molar-refractivity contribution in [3.05, 3.63) is 25.3 Å². The molecule has 0 heterocycles. The highest BCUT2D eigenvalue weighted by molar-refractivity contribution is 4.95. The first-order valence-corrected chi connectivity index (χ1v) is 3.99. The molecule has 1 unspecified atom stereocenters. The van der Waals surface area contributed by atoms with Crippen LogP contribution in [0.25, 0.3) is 0 Å². The topological polar surface area (TPSA) is 12.0 Å². The summed E-state index contributed by atoms with van der Waals surface area (Å²) in [5.41, 5.74) is 0.241. The van der Waals surface area contributed by atoms with E-state index < -0.39 is 0 Å². The van der Waals surface area contributed by atoms with E-state index in [2.05, 4.69) is 39.2 Å². The second-order valence-electron chi connectivity index (χ2n) is 3.78. The van der Waals surface area contributed by atoms with E-state index in [4.69, 9.17) is 0 Å². The Hall–Kier alpha value is -0.560. The van der Waals surface area contributed by atoms with Crippen LogP contribution in [0.1, 0.15) is 20.8 Å². The molecule has 0 saturated heterocycles. The van der Waals surface area contributed by atoms with E-state index in [-0.39, 0.29) is 5.41 Å². The van der Waals surface area contributed by atoms with Gasteiger partial charge in [-0.2, -0.15) is 0 Å². The quantitative estimate of drug-likeness (QED) is 0.611. The standard InChI is InChI=1S/C10H19N/c1-6-8-11-9(7-2)10(3,4)5/h6-7,9,11H,1-2,8H2,3-5H3. The average molecular weight is 153 g/mol. The lowest BCUT2D eigenvalue weighted by atomic mass is 9.87. The molecule has 0 aromatic carbocycles. The normalized spacial score (nSPS) is 14.1. The highest BCUT2D eigenvalue weighted by atomic mass is 14.9. The van der Waals surface area contributed by atoms with Gasteiger partial charge in [0.1, 0.15) is 0 Å². The molecule has 0 aromatic rings. The number of hydrogen-bond donors (Lipinski definition) is 1. The second kappa shape index (κ2) is 4.35. The van der Waals surface area contributed by atoms with Gasteiger partial charge in [0.15, 0.2) is 0 Å². The van der Waals surface area contributed by atoms with E-state index in [0.717, 1.165) is 6.54 Å². The Kier molecular flexibility index (Phi) is 4.12. The zero-order chi connectivity index (χ0) is 8.91. The molecule has 0 aliphatic heterocycles. The van der Waals surface area contributed by atoms with Crippen LogP contribution in [0, 0.1) is 5.41 Å². The summed E-state index contributed by atoms with van der Waals surface area (Å²) in [4.78, 5) is 0. The van der Waals surface area contributed by atoms with Gasteiger partial charge in [0.05, 0.1) is 0 Å². The van der Waals surface area contributed by atoms with Crippen LogP contribution in [0.2, 0.25) is 0 Å². The molecular weight excluding hydrogens is 134 g/mol. The summed E-state index contributed by atoms with van der Waals surface area (Å²) in [5.74, 6) is 0. The first-order chi connectivity index (χ1) is 5.02. The maximum atomic E-state index is 3.78. The molecule has 0 aromatic heterocycles. The predicted molar refractivity (Wildman–Crippen MR) is 51.6 cm³/mol. The van der Waals surface area contributed by atoms with Crippen molar-refractivity contribution in [2.24, 2.45) is 5.41 Å². The average Bonchev–Trinajstić information content (AvgIpc) is 1.87. The van der Waals surface area contributed by atoms with Gasteiger partial charge in [-0.25, -0.2) is 0 Å². The molecule has 0 radical (unpaired) electrons. The van der Waals surface area contributed by atoms with Gasteiger partial charge in [0.25, 0.3) is 0 Å². The van der Waals surface area contributed by atoms with Gasteiger partial charge in [-0.3, -0.25) is 0 Å². The van der Waals surface area contributed by atoms with Crippen molar-refractivity contribution < 1.29 is 0 Å². The van der Waals surface area contributed by atoms with Gasteiger partial charge < -0.3 is 5.32 Å². The van der Waals surface area contributed by atoms with Gasteiger partial charge in [-0.05, 0) is 5.41 Å². The van der Waals surface area contributed by atoms with Crippen molar-refractivity contribution >= 4 is 0 Å². The Labute approximate surface area is 70.2 Å². The summed E-state index contributed by atoms with van der Waals surface area (Å²) in [7, 11) is 0. The summed E-state index contributed by atoms with van der Waals surface area (Å²) in [6.45, 7) is 14.8. The lowest BCUT2D eigenvalue weighted by Gasteiger charge is -2.28. The molecule has 0 aliphatic carbocycles. The van der Waals surface area contributed by atoms with Crippen LogP contribution in [-0.2, 0) is 0 Å². The van der Waals surface area contributed by atoms with Crippen molar-refractivity contribution in [3.8, 4) is 0 Å². The van der Waals surface area contributed by atoms with Crippen molar-refractivity contribution in [3.63, 3.8) is 0 Å². The Bertz CT molecular complexity index is 130. The molecular formula is C10H19N. The van der Waals surface area contributed by atoms with Crippen LogP contribution < -0.4 is 5.32 Å². The van der Waals surface area contributed by atoms with Crippen molar-refractivity contribution in [2.75, 3.05) is 6.54 Å². The molecule has 0 bridgehead atoms. The van der Waals surface area contributed by atoms with E-state index >= 15 is 0 Å². The Morgan fingerprint density at radius 2 is 1.91 bits per heavy atom. The molecule has 64 valence electrons. The van der Waals surface area contributed by atoms with Gasteiger partial charge in [0, 0.05) is 12.6 Å². The number of nitrogens with one attached hydrogen (secondary N) is 1. The first kappa shape index (κ1) is 10.4. The molecule has 0 aliphatic rings. The summed E-state index contributed by atoms with van der Waals surface area (Å²) in [5, 5.41) is 3.32. The molecule has 0 saturated carbocycles. The summed E-state index contributed by atoms with van der Waals surface area (Å²) in [6, 6.07) is 0.362. The van der Waals surface area contributed by atoms with E-state index in [1.165, 1.54) is 0 Å². The zero-order valence-electron chi connectivity index (χ0n) is 7.85. The lowest BCUT2D eigenvalue weighted by molar-refractivity contribution is 0.322. The van der Waals surface area contributed by atoms with Crippen LogP contribution in [-0.4, -0.2) is 12.6 Å². The maximum absolute atomic E-state index is 3.78. The van der Waals surface area contributed by atoms with Crippen LogP contribution >= 0.6 is 0 Å². The van der Waals surface area contributed by atoms with Crippen LogP contribution in [0.5, 0.6) is 0 Å². The molecule has 11 heavy (non-hydrogen) atoms. The minimum absolute atomic E-state index is 0.241. The third-order valence-electron chi connectivity index (χ3n) is 1.65. The minimum Gasteiger partial charge on any atom is -0.307 e. The van der Waals surface area contributed by atoms with E-state index in [1.807, 2.05) is 12.2 Å². The third kappa shape index (κ3) is 3.99. The number of hydrogen-bond acceptors (Lipinski definition) is 1. The SMILES string of the molecule is C=CCNC(C=C)C(C)(C)C. The fraction of sp³-hybridized carbons (Fsp3) is 0.600. The van der Waals surface area contributed by atoms with Crippen LogP contribution in [0.4, 0.5) is 0 Å². The van der Waals surface area contributed by atoms with Gasteiger partial charge >= 0.3 is 0 Å². The molecule has 1 N–H and O–H groups in total. The molecule has 1 heteroatoms. The maximum Gasteiger partial charge on any atom is 0.0298 e. The molecule has 1 nitrogen and oxygen atoms in total. The van der Waals surface area contributed by atoms with E-state index in [1.54, 1.807) is 0 Å². The van der Waals surface area contributed by atoms with Crippen LogP contribution in [0.3, 0.4) is 0 Å². The predicted octanol–water partition coefficient (Wildman–Crippen LogP) is 2.36. The molecule has 0 rings (SSSR count). The van der Waals surface area contributed by atoms with Gasteiger partial charge in [0.2, 0.25) is 0 Å². The third-order valence-corrected chi connectivity index (χ3v) is 1.65. The van der Waals surface area contributed by atoms with Crippen LogP contribution in [0.15, 0.2) is 25.3 Å². The first-order valence-electron chi connectivity index (χ1n) is 3.99. The summed E-state index contributed by atoms with van der Waals surface area (Å²) in [6.07, 6.45) is 3.81. The summed E-state index contributed by atoms with van der Waals surface area (Å²) >= 11 is 0. The fourth-order valence-electron chi connectivity index (χ4n) is 0.953. The largest absolute Gasteiger partial charge is 0.307 e. The van der Waals surface area contributed by atoms with Gasteiger partial charge in [-0.15, -0.1) is 13.2 Å². The minimum atomic E-state index is 0.241. The van der Waals surface area contributed by atoms with Crippen molar-refractivity contribution in [1.29, 1.82) is 0 Å². The van der Waals surface area contributed by atoms with Crippen molar-refractivity contribution in [1.82, 2.24) is 5.32 Å². The highest BCUT2D eigenvalue weighted by Crippen LogP contribution is 2.19. The van der Waals surface area contributed by atoms with Crippen molar-refractivity contribution in [2.45, 2.75) is 26.8 Å². The van der Waals surface area contributed by atoms with E-state index in [0.29, 0.717) is 6.04 Å². The molecule has 0 spiro atoms. The fourth-order valence-corrected chi connectivity index (χ4v) is 0.953. The molecule has 0 fully saturated rings. The summed E-state index contributed by atoms with van der Waals surface area (Å²) < 4.78 is 0. The Morgan fingerprint density at radius 1 is 1.36 bits per heavy atom. The number of rotatable bonds is 4. The smallest absolute Gasteiger partial charge is 0.0298 e. The molecule has 1 atom stereocenters. The zero-order valence-corrected chi connectivity index (χ0v) is 7.85.